The van der Waals surface area contributed by atoms with Gasteiger partial charge in [0.1, 0.15) is 0 Å². The summed E-state index contributed by atoms with van der Waals surface area (Å²) < 4.78 is 27.3. The van der Waals surface area contributed by atoms with E-state index in [0.29, 0.717) is 12.8 Å². The van der Waals surface area contributed by atoms with Crippen LogP contribution in [0.15, 0.2) is 46.7 Å². The van der Waals surface area contributed by atoms with Gasteiger partial charge >= 0.3 is 5.97 Å². The Morgan fingerprint density at radius 1 is 1.19 bits per heavy atom. The van der Waals surface area contributed by atoms with Gasteiger partial charge in [-0.3, -0.25) is 9.59 Å². The molecular weight excluding hydrogens is 376 g/mol. The second-order valence-electron chi connectivity index (χ2n) is 6.20. The van der Waals surface area contributed by atoms with Crippen molar-refractivity contribution in [3.8, 4) is 0 Å². The second-order valence-corrected chi connectivity index (χ2v) is 9.00. The summed E-state index contributed by atoms with van der Waals surface area (Å²) in [7, 11) is -3.75. The molecule has 0 bridgehead atoms. The lowest BCUT2D eigenvalue weighted by Gasteiger charge is -2.12. The average molecular weight is 394 g/mol. The van der Waals surface area contributed by atoms with Crippen LogP contribution in [0.4, 0.5) is 0 Å². The molecule has 1 heterocycles. The van der Waals surface area contributed by atoms with Crippen LogP contribution in [0, 0.1) is 5.41 Å². The average Bonchev–Trinajstić information content (AvgIpc) is 3.25. The molecule has 0 spiro atoms. The largest absolute Gasteiger partial charge is 0.481 e. The van der Waals surface area contributed by atoms with Crippen molar-refractivity contribution in [1.82, 2.24) is 10.0 Å². The first-order valence-electron chi connectivity index (χ1n) is 7.96. The molecule has 1 aliphatic carbocycles. The smallest absolute Gasteiger partial charge is 0.311 e. The highest BCUT2D eigenvalue weighted by Gasteiger charge is 2.50. The van der Waals surface area contributed by atoms with Gasteiger partial charge in [-0.15, -0.1) is 11.3 Å². The quantitative estimate of drug-likeness (QED) is 0.632. The van der Waals surface area contributed by atoms with Crippen molar-refractivity contribution in [2.24, 2.45) is 5.41 Å². The van der Waals surface area contributed by atoms with Crippen LogP contribution in [0.5, 0.6) is 0 Å². The van der Waals surface area contributed by atoms with Crippen LogP contribution in [0.2, 0.25) is 0 Å². The number of sulfonamides is 1. The minimum atomic E-state index is -3.75. The van der Waals surface area contributed by atoms with E-state index < -0.39 is 27.3 Å². The number of hydrogen-bond acceptors (Lipinski definition) is 5. The molecule has 0 saturated heterocycles. The fraction of sp³-hybridized carbons (Fsp3) is 0.294. The van der Waals surface area contributed by atoms with E-state index >= 15 is 0 Å². The lowest BCUT2D eigenvalue weighted by Crippen LogP contribution is -2.34. The van der Waals surface area contributed by atoms with Crippen molar-refractivity contribution in [2.75, 3.05) is 6.54 Å². The van der Waals surface area contributed by atoms with Crippen LogP contribution in [0.25, 0.3) is 0 Å². The highest BCUT2D eigenvalue weighted by molar-refractivity contribution is 7.89. The van der Waals surface area contributed by atoms with Gasteiger partial charge in [0.15, 0.2) is 0 Å². The molecule has 3 rings (SSSR count). The van der Waals surface area contributed by atoms with Crippen LogP contribution >= 0.6 is 11.3 Å². The number of hydrogen-bond donors (Lipinski definition) is 3. The minimum Gasteiger partial charge on any atom is -0.481 e. The van der Waals surface area contributed by atoms with Crippen LogP contribution in [0.1, 0.15) is 28.1 Å². The molecule has 1 aromatic carbocycles. The van der Waals surface area contributed by atoms with E-state index in [4.69, 9.17) is 5.11 Å². The molecule has 1 amide bonds. The third kappa shape index (κ3) is 4.12. The molecule has 3 N–H and O–H groups in total. The fourth-order valence-corrected chi connectivity index (χ4v) is 4.22. The lowest BCUT2D eigenvalue weighted by atomic mass is 10.1. The maximum absolute atomic E-state index is 12.4. The van der Waals surface area contributed by atoms with Gasteiger partial charge in [0.25, 0.3) is 5.91 Å². The third-order valence-electron chi connectivity index (χ3n) is 4.32. The minimum absolute atomic E-state index is 0.0129. The summed E-state index contributed by atoms with van der Waals surface area (Å²) in [5, 5.41) is 13.6. The van der Waals surface area contributed by atoms with Crippen LogP contribution in [-0.4, -0.2) is 31.9 Å². The van der Waals surface area contributed by atoms with E-state index in [1.165, 1.54) is 35.6 Å². The molecule has 1 aromatic heterocycles. The summed E-state index contributed by atoms with van der Waals surface area (Å²) in [6, 6.07) is 9.34. The van der Waals surface area contributed by atoms with E-state index in [-0.39, 0.29) is 23.5 Å². The molecule has 1 saturated carbocycles. The first-order valence-corrected chi connectivity index (χ1v) is 10.3. The van der Waals surface area contributed by atoms with Crippen molar-refractivity contribution in [1.29, 1.82) is 0 Å². The number of nitrogens with one attached hydrogen (secondary N) is 2. The molecule has 0 atom stereocenters. The molecular formula is C17H18N2O5S2. The topological polar surface area (TPSA) is 113 Å². The predicted octanol–water partition coefficient (Wildman–Crippen LogP) is 1.82. The number of carbonyl (C=O) groups is 2. The summed E-state index contributed by atoms with van der Waals surface area (Å²) in [6.45, 7) is 0.215. The van der Waals surface area contributed by atoms with Gasteiger partial charge in [0.05, 0.1) is 10.3 Å². The molecule has 9 heteroatoms. The van der Waals surface area contributed by atoms with Crippen molar-refractivity contribution in [2.45, 2.75) is 24.3 Å². The van der Waals surface area contributed by atoms with E-state index in [1.54, 1.807) is 0 Å². The highest BCUT2D eigenvalue weighted by atomic mass is 32.2. The van der Waals surface area contributed by atoms with E-state index in [9.17, 15) is 18.0 Å². The molecule has 2 aromatic rings. The molecule has 0 unspecified atom stereocenters. The normalized spacial score (nSPS) is 15.4. The third-order valence-corrected chi connectivity index (χ3v) is 6.59. The summed E-state index contributed by atoms with van der Waals surface area (Å²) in [4.78, 5) is 24.3. The fourth-order valence-electron chi connectivity index (χ4n) is 2.44. The maximum atomic E-state index is 12.4. The van der Waals surface area contributed by atoms with E-state index in [2.05, 4.69) is 10.0 Å². The van der Waals surface area contributed by atoms with Crippen LogP contribution in [-0.2, 0) is 21.4 Å². The Morgan fingerprint density at radius 2 is 1.96 bits per heavy atom. The molecule has 7 nitrogen and oxygen atoms in total. The molecule has 138 valence electrons. The first kappa shape index (κ1) is 18.6. The van der Waals surface area contributed by atoms with Crippen molar-refractivity contribution in [3.05, 3.63) is 52.2 Å². The Kier molecular flexibility index (Phi) is 5.12. The molecule has 1 aliphatic rings. The maximum Gasteiger partial charge on any atom is 0.311 e. The summed E-state index contributed by atoms with van der Waals surface area (Å²) in [6.07, 6.45) is 1.06. The number of aliphatic carboxylic acids is 1. The number of rotatable bonds is 8. The Bertz CT molecular complexity index is 918. The van der Waals surface area contributed by atoms with Gasteiger partial charge in [0.2, 0.25) is 10.0 Å². The molecule has 0 aliphatic heterocycles. The Balaban J connectivity index is 1.67. The Hall–Kier alpha value is -2.23. The zero-order chi connectivity index (χ0) is 18.8. The van der Waals surface area contributed by atoms with Crippen molar-refractivity contribution >= 4 is 33.2 Å². The monoisotopic (exact) mass is 394 g/mol. The zero-order valence-corrected chi connectivity index (χ0v) is 15.4. The van der Waals surface area contributed by atoms with Crippen LogP contribution in [0.3, 0.4) is 0 Å². The summed E-state index contributed by atoms with van der Waals surface area (Å²) >= 11 is 1.44. The number of carbonyl (C=O) groups excluding carboxylic acids is 1. The van der Waals surface area contributed by atoms with Gasteiger partial charge < -0.3 is 10.4 Å². The first-order chi connectivity index (χ1) is 12.3. The van der Waals surface area contributed by atoms with Gasteiger partial charge in [0, 0.05) is 23.5 Å². The molecule has 0 radical (unpaired) electrons. The summed E-state index contributed by atoms with van der Waals surface area (Å²) in [5.74, 6) is -1.42. The van der Waals surface area contributed by atoms with E-state index in [1.807, 2.05) is 17.5 Å². The van der Waals surface area contributed by atoms with Gasteiger partial charge in [-0.25, -0.2) is 13.1 Å². The zero-order valence-electron chi connectivity index (χ0n) is 13.8. The molecule has 26 heavy (non-hydrogen) atoms. The second kappa shape index (κ2) is 7.18. The van der Waals surface area contributed by atoms with Crippen LogP contribution < -0.4 is 10.0 Å². The predicted molar refractivity (Wildman–Crippen MR) is 96.4 cm³/mol. The number of carboxylic acid groups (broad SMARTS) is 1. The highest BCUT2D eigenvalue weighted by Crippen LogP contribution is 2.45. The van der Waals surface area contributed by atoms with E-state index in [0.717, 1.165) is 4.88 Å². The number of carboxylic acids is 1. The standard InChI is InChI=1S/C17H18N2O5S2/c20-15(18-11-17(6-7-17)16(21)22)12-3-1-5-14(9-12)26(23,24)19-10-13-4-2-8-25-13/h1-5,8-9,19H,6-7,10-11H2,(H,18,20)(H,21,22). The van der Waals surface area contributed by atoms with Crippen molar-refractivity contribution in [3.63, 3.8) is 0 Å². The Labute approximate surface area is 155 Å². The number of amides is 1. The lowest BCUT2D eigenvalue weighted by molar-refractivity contribution is -0.143. The Morgan fingerprint density at radius 3 is 2.58 bits per heavy atom. The van der Waals surface area contributed by atoms with Gasteiger partial charge in [-0.2, -0.15) is 0 Å². The number of benzene rings is 1. The summed E-state index contributed by atoms with van der Waals surface area (Å²) in [5.41, 5.74) is -0.702. The van der Waals surface area contributed by atoms with Crippen molar-refractivity contribution < 1.29 is 23.1 Å². The molecule has 1 fully saturated rings. The number of thiophene rings is 1. The SMILES string of the molecule is O=C(NCC1(C(=O)O)CC1)c1cccc(S(=O)(=O)NCc2cccs2)c1. The van der Waals surface area contributed by atoms with Gasteiger partial charge in [-0.1, -0.05) is 12.1 Å². The van der Waals surface area contributed by atoms with Gasteiger partial charge in [-0.05, 0) is 42.5 Å².